The lowest BCUT2D eigenvalue weighted by Crippen LogP contribution is -2.05. The second-order valence-corrected chi connectivity index (χ2v) is 6.88. The van der Waals surface area contributed by atoms with Gasteiger partial charge in [0, 0.05) is 16.4 Å². The van der Waals surface area contributed by atoms with Crippen LogP contribution in [0.1, 0.15) is 13.8 Å². The Balaban J connectivity index is 2.22. The maximum Gasteiger partial charge on any atom is 0.151 e. The van der Waals surface area contributed by atoms with Crippen molar-refractivity contribution in [1.82, 2.24) is 9.55 Å². The van der Waals surface area contributed by atoms with Crippen LogP contribution in [0.25, 0.3) is 21.7 Å². The Morgan fingerprint density at radius 2 is 2.11 bits per heavy atom. The number of rotatable bonds is 3. The Labute approximate surface area is 125 Å². The second kappa shape index (κ2) is 5.10. The van der Waals surface area contributed by atoms with Crippen LogP contribution in [0.2, 0.25) is 0 Å². The SMILES string of the molecule is CC(C)Cn1c(-c2cc(Br)cs2)nc2ccccc21. The minimum atomic E-state index is 0.597. The van der Waals surface area contributed by atoms with E-state index in [1.807, 2.05) is 6.07 Å². The van der Waals surface area contributed by atoms with Crippen molar-refractivity contribution >= 4 is 38.3 Å². The van der Waals surface area contributed by atoms with Crippen molar-refractivity contribution in [2.45, 2.75) is 20.4 Å². The van der Waals surface area contributed by atoms with Crippen molar-refractivity contribution < 1.29 is 0 Å². The van der Waals surface area contributed by atoms with Crippen LogP contribution in [0, 0.1) is 5.92 Å². The van der Waals surface area contributed by atoms with Crippen LogP contribution in [-0.4, -0.2) is 9.55 Å². The van der Waals surface area contributed by atoms with Crippen molar-refractivity contribution in [1.29, 1.82) is 0 Å². The Bertz CT molecular complexity index is 712. The number of hydrogen-bond acceptors (Lipinski definition) is 2. The lowest BCUT2D eigenvalue weighted by atomic mass is 10.2. The van der Waals surface area contributed by atoms with Gasteiger partial charge in [-0.15, -0.1) is 11.3 Å². The van der Waals surface area contributed by atoms with Crippen LogP contribution < -0.4 is 0 Å². The van der Waals surface area contributed by atoms with Gasteiger partial charge in [0.2, 0.25) is 0 Å². The molecule has 0 amide bonds. The predicted molar refractivity (Wildman–Crippen MR) is 85.6 cm³/mol. The zero-order chi connectivity index (χ0) is 13.4. The summed E-state index contributed by atoms with van der Waals surface area (Å²) in [5.41, 5.74) is 2.29. The fourth-order valence-corrected chi connectivity index (χ4v) is 3.67. The summed E-state index contributed by atoms with van der Waals surface area (Å²) < 4.78 is 3.45. The summed E-state index contributed by atoms with van der Waals surface area (Å²) in [6.45, 7) is 5.47. The third-order valence-corrected chi connectivity index (χ3v) is 4.68. The molecule has 0 aliphatic rings. The van der Waals surface area contributed by atoms with Gasteiger partial charge in [0.25, 0.3) is 0 Å². The Morgan fingerprint density at radius 3 is 2.79 bits per heavy atom. The monoisotopic (exact) mass is 334 g/mol. The molecule has 0 spiro atoms. The number of halogens is 1. The molecule has 0 fully saturated rings. The van der Waals surface area contributed by atoms with E-state index in [0.29, 0.717) is 5.92 Å². The van der Waals surface area contributed by atoms with Crippen molar-refractivity contribution in [2.24, 2.45) is 5.92 Å². The molecule has 3 aromatic rings. The number of hydrogen-bond donors (Lipinski definition) is 0. The summed E-state index contributed by atoms with van der Waals surface area (Å²) in [5.74, 6) is 1.67. The molecule has 19 heavy (non-hydrogen) atoms. The van der Waals surface area contributed by atoms with Gasteiger partial charge in [-0.2, -0.15) is 0 Å². The van der Waals surface area contributed by atoms with Gasteiger partial charge < -0.3 is 4.57 Å². The molecule has 0 aliphatic carbocycles. The van der Waals surface area contributed by atoms with Gasteiger partial charge in [0.05, 0.1) is 15.9 Å². The van der Waals surface area contributed by atoms with Crippen LogP contribution >= 0.6 is 27.3 Å². The predicted octanol–water partition coefficient (Wildman–Crippen LogP) is 5.18. The van der Waals surface area contributed by atoms with Gasteiger partial charge in [-0.1, -0.05) is 26.0 Å². The van der Waals surface area contributed by atoms with Gasteiger partial charge >= 0.3 is 0 Å². The maximum absolute atomic E-state index is 4.80. The Kier molecular flexibility index (Phi) is 3.46. The molecule has 0 atom stereocenters. The number of imidazole rings is 1. The number of nitrogens with zero attached hydrogens (tertiary/aromatic N) is 2. The van der Waals surface area contributed by atoms with Crippen LogP contribution in [0.4, 0.5) is 0 Å². The first-order valence-corrected chi connectivity index (χ1v) is 8.02. The largest absolute Gasteiger partial charge is 0.323 e. The highest BCUT2D eigenvalue weighted by atomic mass is 79.9. The summed E-state index contributed by atoms with van der Waals surface area (Å²) in [7, 11) is 0. The highest BCUT2D eigenvalue weighted by Crippen LogP contribution is 2.32. The normalized spacial score (nSPS) is 11.6. The standard InChI is InChI=1S/C15H15BrN2S/c1-10(2)8-18-13-6-4-3-5-12(13)17-15(18)14-7-11(16)9-19-14/h3-7,9-10H,8H2,1-2H3. The van der Waals surface area contributed by atoms with Gasteiger partial charge in [-0.05, 0) is 40.0 Å². The molecule has 0 N–H and O–H groups in total. The molecule has 0 aliphatic heterocycles. The fourth-order valence-electron chi connectivity index (χ4n) is 2.24. The number of benzene rings is 1. The summed E-state index contributed by atoms with van der Waals surface area (Å²) in [6, 6.07) is 10.5. The second-order valence-electron chi connectivity index (χ2n) is 5.06. The molecule has 2 aromatic heterocycles. The molecule has 4 heteroatoms. The topological polar surface area (TPSA) is 17.8 Å². The van der Waals surface area contributed by atoms with E-state index in [4.69, 9.17) is 4.98 Å². The van der Waals surface area contributed by atoms with Crippen molar-refractivity contribution in [3.63, 3.8) is 0 Å². The van der Waals surface area contributed by atoms with Crippen LogP contribution in [-0.2, 0) is 6.54 Å². The van der Waals surface area contributed by atoms with E-state index in [1.165, 1.54) is 10.4 Å². The molecular weight excluding hydrogens is 320 g/mol. The van der Waals surface area contributed by atoms with Crippen molar-refractivity contribution in [3.05, 3.63) is 40.2 Å². The van der Waals surface area contributed by atoms with Crippen LogP contribution in [0.15, 0.2) is 40.2 Å². The molecule has 3 rings (SSSR count). The first-order valence-electron chi connectivity index (χ1n) is 6.35. The quantitative estimate of drug-likeness (QED) is 0.645. The average Bonchev–Trinajstić information content (AvgIpc) is 2.94. The molecule has 0 saturated heterocycles. The zero-order valence-corrected chi connectivity index (χ0v) is 13.3. The fraction of sp³-hybridized carbons (Fsp3) is 0.267. The lowest BCUT2D eigenvalue weighted by Gasteiger charge is -2.10. The van der Waals surface area contributed by atoms with Crippen molar-refractivity contribution in [2.75, 3.05) is 0 Å². The summed E-state index contributed by atoms with van der Waals surface area (Å²) in [6.07, 6.45) is 0. The molecule has 0 bridgehead atoms. The molecule has 0 radical (unpaired) electrons. The highest BCUT2D eigenvalue weighted by Gasteiger charge is 2.14. The molecular formula is C15H15BrN2S. The van der Waals surface area contributed by atoms with Gasteiger partial charge in [-0.3, -0.25) is 0 Å². The first kappa shape index (κ1) is 12.9. The minimum Gasteiger partial charge on any atom is -0.323 e. The summed E-state index contributed by atoms with van der Waals surface area (Å²) in [4.78, 5) is 6.01. The van der Waals surface area contributed by atoms with E-state index < -0.39 is 0 Å². The Hall–Kier alpha value is -1.13. The van der Waals surface area contributed by atoms with Gasteiger partial charge in [-0.25, -0.2) is 4.98 Å². The van der Waals surface area contributed by atoms with E-state index in [0.717, 1.165) is 22.4 Å². The van der Waals surface area contributed by atoms with Crippen LogP contribution in [0.3, 0.4) is 0 Å². The molecule has 2 nitrogen and oxygen atoms in total. The number of thiophene rings is 1. The van der Waals surface area contributed by atoms with Crippen molar-refractivity contribution in [3.8, 4) is 10.7 Å². The van der Waals surface area contributed by atoms with E-state index in [2.05, 4.69) is 64.0 Å². The van der Waals surface area contributed by atoms with E-state index in [1.54, 1.807) is 11.3 Å². The first-order chi connectivity index (χ1) is 9.15. The number of fused-ring (bicyclic) bond motifs is 1. The van der Waals surface area contributed by atoms with Crippen LogP contribution in [0.5, 0.6) is 0 Å². The maximum atomic E-state index is 4.80. The van der Waals surface area contributed by atoms with Gasteiger partial charge in [0.15, 0.2) is 5.82 Å². The lowest BCUT2D eigenvalue weighted by molar-refractivity contribution is 0.537. The minimum absolute atomic E-state index is 0.597. The van der Waals surface area contributed by atoms with E-state index >= 15 is 0 Å². The summed E-state index contributed by atoms with van der Waals surface area (Å²) in [5, 5.41) is 2.11. The Morgan fingerprint density at radius 1 is 1.32 bits per heavy atom. The molecule has 0 unspecified atom stereocenters. The molecule has 1 aromatic carbocycles. The number of aromatic nitrogens is 2. The molecule has 0 saturated carbocycles. The third-order valence-electron chi connectivity index (χ3n) is 2.99. The number of para-hydroxylation sites is 2. The average molecular weight is 335 g/mol. The summed E-state index contributed by atoms with van der Waals surface area (Å²) >= 11 is 5.25. The zero-order valence-electron chi connectivity index (χ0n) is 10.9. The third kappa shape index (κ3) is 2.47. The molecule has 98 valence electrons. The van der Waals surface area contributed by atoms with E-state index in [-0.39, 0.29) is 0 Å². The van der Waals surface area contributed by atoms with Gasteiger partial charge in [0.1, 0.15) is 0 Å². The highest BCUT2D eigenvalue weighted by molar-refractivity contribution is 9.10. The smallest absolute Gasteiger partial charge is 0.151 e. The molecule has 2 heterocycles. The van der Waals surface area contributed by atoms with E-state index in [9.17, 15) is 0 Å².